The fourth-order valence-electron chi connectivity index (χ4n) is 3.72. The zero-order valence-corrected chi connectivity index (χ0v) is 17.6. The zero-order valence-electron chi connectivity index (χ0n) is 17.6. The van der Waals surface area contributed by atoms with Gasteiger partial charge < -0.3 is 23.7 Å². The van der Waals surface area contributed by atoms with Gasteiger partial charge in [-0.05, 0) is 50.6 Å². The Morgan fingerprint density at radius 3 is 2.33 bits per heavy atom. The van der Waals surface area contributed by atoms with Crippen LogP contribution in [0.3, 0.4) is 0 Å². The van der Waals surface area contributed by atoms with Crippen LogP contribution in [0.15, 0.2) is 70.2 Å². The molecule has 0 bridgehead atoms. The Balaban J connectivity index is 2.00. The molecule has 1 aromatic heterocycles. The van der Waals surface area contributed by atoms with Crippen LogP contribution in [0.1, 0.15) is 26.5 Å². The molecule has 2 aromatic rings. The first-order valence-corrected chi connectivity index (χ1v) is 10.2. The second-order valence-corrected chi connectivity index (χ2v) is 6.81. The van der Waals surface area contributed by atoms with Crippen LogP contribution >= 0.6 is 0 Å². The maximum atomic E-state index is 12.0. The number of carboxylic acid groups (broad SMARTS) is 1. The Labute approximate surface area is 176 Å². The standard InChI is InChI=1S/C24H28O6/c1-4-27-22-20(16-18-12-13-21(30-18)17-10-8-7-9-11-17)19(23(25)26)14-15-24(22,28-5-2)29-6-3/h7-15,22H,4-6,16H2,1-3H3,(H,25,26). The van der Waals surface area contributed by atoms with Crippen molar-refractivity contribution < 1.29 is 28.5 Å². The molecular weight excluding hydrogens is 384 g/mol. The van der Waals surface area contributed by atoms with Gasteiger partial charge in [0.15, 0.2) is 0 Å². The number of benzene rings is 1. The van der Waals surface area contributed by atoms with Crippen molar-refractivity contribution in [2.75, 3.05) is 19.8 Å². The van der Waals surface area contributed by atoms with E-state index in [1.165, 1.54) is 0 Å². The Kier molecular flexibility index (Phi) is 7.26. The van der Waals surface area contributed by atoms with Gasteiger partial charge in [0, 0.05) is 31.8 Å². The zero-order chi connectivity index (χ0) is 21.6. The Hall–Kier alpha value is -2.67. The van der Waals surface area contributed by atoms with Crippen molar-refractivity contribution in [2.24, 2.45) is 0 Å². The second kappa shape index (κ2) is 9.89. The van der Waals surface area contributed by atoms with Crippen LogP contribution in [-0.4, -0.2) is 42.8 Å². The average molecular weight is 412 g/mol. The van der Waals surface area contributed by atoms with E-state index in [1.54, 1.807) is 12.2 Å². The number of rotatable bonds is 10. The molecule has 0 fully saturated rings. The molecule has 0 spiro atoms. The van der Waals surface area contributed by atoms with Crippen molar-refractivity contribution in [1.29, 1.82) is 0 Å². The third kappa shape index (κ3) is 4.56. The fourth-order valence-corrected chi connectivity index (χ4v) is 3.72. The number of hydrogen-bond donors (Lipinski definition) is 1. The van der Waals surface area contributed by atoms with Crippen LogP contribution in [-0.2, 0) is 25.4 Å². The molecule has 6 nitrogen and oxygen atoms in total. The van der Waals surface area contributed by atoms with E-state index in [1.807, 2.05) is 63.2 Å². The summed E-state index contributed by atoms with van der Waals surface area (Å²) in [6, 6.07) is 13.5. The number of carbonyl (C=O) groups is 1. The lowest BCUT2D eigenvalue weighted by Crippen LogP contribution is -2.51. The molecule has 6 heteroatoms. The predicted octanol–water partition coefficient (Wildman–Crippen LogP) is 4.61. The Bertz CT molecular complexity index is 903. The third-order valence-corrected chi connectivity index (χ3v) is 4.90. The second-order valence-electron chi connectivity index (χ2n) is 6.81. The smallest absolute Gasteiger partial charge is 0.335 e. The van der Waals surface area contributed by atoms with Gasteiger partial charge in [-0.1, -0.05) is 30.3 Å². The molecule has 1 unspecified atom stereocenters. The van der Waals surface area contributed by atoms with E-state index in [0.717, 1.165) is 11.3 Å². The summed E-state index contributed by atoms with van der Waals surface area (Å²) in [5.41, 5.74) is 1.68. The molecule has 0 saturated heterocycles. The molecule has 3 rings (SSSR count). The van der Waals surface area contributed by atoms with Crippen LogP contribution in [0.5, 0.6) is 0 Å². The topological polar surface area (TPSA) is 78.1 Å². The lowest BCUT2D eigenvalue weighted by atomic mass is 9.87. The van der Waals surface area contributed by atoms with E-state index in [9.17, 15) is 9.90 Å². The van der Waals surface area contributed by atoms with E-state index >= 15 is 0 Å². The quantitative estimate of drug-likeness (QED) is 0.574. The van der Waals surface area contributed by atoms with Gasteiger partial charge in [0.05, 0.1) is 5.57 Å². The van der Waals surface area contributed by atoms with E-state index in [2.05, 4.69) is 0 Å². The molecule has 0 saturated carbocycles. The lowest BCUT2D eigenvalue weighted by Gasteiger charge is -2.40. The van der Waals surface area contributed by atoms with Gasteiger partial charge in [-0.2, -0.15) is 0 Å². The number of hydrogen-bond acceptors (Lipinski definition) is 5. The first-order chi connectivity index (χ1) is 14.5. The van der Waals surface area contributed by atoms with Gasteiger partial charge in [0.1, 0.15) is 17.6 Å². The van der Waals surface area contributed by atoms with Gasteiger partial charge >= 0.3 is 5.97 Å². The van der Waals surface area contributed by atoms with Crippen LogP contribution in [0.25, 0.3) is 11.3 Å². The minimum atomic E-state index is -1.18. The van der Waals surface area contributed by atoms with Crippen molar-refractivity contribution >= 4 is 5.97 Å². The Morgan fingerprint density at radius 1 is 1.03 bits per heavy atom. The van der Waals surface area contributed by atoms with Crippen molar-refractivity contribution in [3.05, 3.63) is 71.5 Å². The molecule has 1 heterocycles. The summed E-state index contributed by atoms with van der Waals surface area (Å²) in [7, 11) is 0. The summed E-state index contributed by atoms with van der Waals surface area (Å²) in [4.78, 5) is 12.0. The van der Waals surface area contributed by atoms with Gasteiger partial charge in [-0.15, -0.1) is 0 Å². The SMILES string of the molecule is CCOC1C(Cc2ccc(-c3ccccc3)o2)=C(C(=O)O)C=CC1(OCC)OCC. The van der Waals surface area contributed by atoms with E-state index < -0.39 is 17.9 Å². The molecule has 1 atom stereocenters. The van der Waals surface area contributed by atoms with E-state index in [0.29, 0.717) is 31.2 Å². The highest BCUT2D eigenvalue weighted by atomic mass is 16.7. The maximum Gasteiger partial charge on any atom is 0.335 e. The van der Waals surface area contributed by atoms with Gasteiger partial charge in [0.25, 0.3) is 0 Å². The molecular formula is C24H28O6. The molecule has 0 amide bonds. The molecule has 0 radical (unpaired) electrons. The largest absolute Gasteiger partial charge is 0.478 e. The predicted molar refractivity (Wildman–Crippen MR) is 113 cm³/mol. The number of aliphatic carboxylic acids is 1. The Morgan fingerprint density at radius 2 is 1.73 bits per heavy atom. The number of furan rings is 1. The number of ether oxygens (including phenoxy) is 3. The fraction of sp³-hybridized carbons (Fsp3) is 0.375. The van der Waals surface area contributed by atoms with Crippen LogP contribution < -0.4 is 0 Å². The molecule has 0 aliphatic heterocycles. The van der Waals surface area contributed by atoms with Gasteiger partial charge in [-0.3, -0.25) is 0 Å². The summed E-state index contributed by atoms with van der Waals surface area (Å²) >= 11 is 0. The van der Waals surface area contributed by atoms with Gasteiger partial charge in [-0.25, -0.2) is 4.79 Å². The normalized spacial score (nSPS) is 18.0. The highest BCUT2D eigenvalue weighted by molar-refractivity contribution is 5.91. The van der Waals surface area contributed by atoms with Crippen LogP contribution in [0, 0.1) is 0 Å². The van der Waals surface area contributed by atoms with Gasteiger partial charge in [0.2, 0.25) is 5.79 Å². The molecule has 1 aliphatic rings. The van der Waals surface area contributed by atoms with Crippen molar-refractivity contribution in [3.63, 3.8) is 0 Å². The minimum Gasteiger partial charge on any atom is -0.478 e. The molecule has 30 heavy (non-hydrogen) atoms. The molecule has 160 valence electrons. The number of carboxylic acids is 1. The monoisotopic (exact) mass is 412 g/mol. The first kappa shape index (κ1) is 22.0. The van der Waals surface area contributed by atoms with Crippen molar-refractivity contribution in [1.82, 2.24) is 0 Å². The van der Waals surface area contributed by atoms with Crippen molar-refractivity contribution in [2.45, 2.75) is 39.1 Å². The average Bonchev–Trinajstić information content (AvgIpc) is 3.20. The van der Waals surface area contributed by atoms with E-state index in [-0.39, 0.29) is 12.0 Å². The summed E-state index contributed by atoms with van der Waals surface area (Å²) < 4.78 is 23.9. The maximum absolute atomic E-state index is 12.0. The summed E-state index contributed by atoms with van der Waals surface area (Å²) in [5, 5.41) is 9.81. The van der Waals surface area contributed by atoms with Crippen molar-refractivity contribution in [3.8, 4) is 11.3 Å². The van der Waals surface area contributed by atoms with E-state index in [4.69, 9.17) is 18.6 Å². The molecule has 1 aliphatic carbocycles. The van der Waals surface area contributed by atoms with Crippen LogP contribution in [0.2, 0.25) is 0 Å². The third-order valence-electron chi connectivity index (χ3n) is 4.90. The minimum absolute atomic E-state index is 0.168. The molecule has 1 N–H and O–H groups in total. The molecule has 1 aromatic carbocycles. The summed E-state index contributed by atoms with van der Waals surface area (Å²) in [5.74, 6) is -0.835. The summed E-state index contributed by atoms with van der Waals surface area (Å²) in [6.45, 7) is 6.76. The van der Waals surface area contributed by atoms with Crippen LogP contribution in [0.4, 0.5) is 0 Å². The highest BCUT2D eigenvalue weighted by Gasteiger charge is 2.45. The summed E-state index contributed by atoms with van der Waals surface area (Å²) in [6.07, 6.45) is 2.75. The lowest BCUT2D eigenvalue weighted by molar-refractivity contribution is -0.251. The first-order valence-electron chi connectivity index (χ1n) is 10.2. The highest BCUT2D eigenvalue weighted by Crippen LogP contribution is 2.37.